The number of benzene rings is 2. The van der Waals surface area contributed by atoms with Crippen LogP contribution in [-0.4, -0.2) is 56.3 Å². The Kier molecular flexibility index (Phi) is 10.7. The van der Waals surface area contributed by atoms with E-state index in [0.29, 0.717) is 23.1 Å². The fourth-order valence-corrected chi connectivity index (χ4v) is 5.16. The summed E-state index contributed by atoms with van der Waals surface area (Å²) in [5.74, 6) is -2.75. The van der Waals surface area contributed by atoms with Gasteiger partial charge in [-0.1, -0.05) is 48.5 Å². The summed E-state index contributed by atoms with van der Waals surface area (Å²) in [6.45, 7) is 5.65. The summed E-state index contributed by atoms with van der Waals surface area (Å²) in [5, 5.41) is 18.0. The van der Waals surface area contributed by atoms with Crippen molar-refractivity contribution < 1.29 is 24.3 Å². The van der Waals surface area contributed by atoms with Gasteiger partial charge < -0.3 is 21.5 Å². The second kappa shape index (κ2) is 14.7. The van der Waals surface area contributed by atoms with E-state index in [-0.39, 0.29) is 24.4 Å². The Morgan fingerprint density at radius 3 is 2.31 bits per heavy atom. The summed E-state index contributed by atoms with van der Waals surface area (Å²) in [4.78, 5) is 60.4. The predicted octanol–water partition coefficient (Wildman–Crippen LogP) is 3.55. The van der Waals surface area contributed by atoms with Gasteiger partial charge in [0.2, 0.25) is 5.91 Å². The molecule has 0 aliphatic heterocycles. The van der Waals surface area contributed by atoms with E-state index in [1.807, 2.05) is 39.0 Å². The van der Waals surface area contributed by atoms with E-state index < -0.39 is 47.6 Å². The van der Waals surface area contributed by atoms with Crippen LogP contribution in [0.2, 0.25) is 0 Å². The van der Waals surface area contributed by atoms with Crippen molar-refractivity contribution in [3.05, 3.63) is 108 Å². The Morgan fingerprint density at radius 1 is 0.867 bits per heavy atom. The third-order valence-corrected chi connectivity index (χ3v) is 7.34. The van der Waals surface area contributed by atoms with Gasteiger partial charge in [-0.15, -0.1) is 0 Å². The lowest BCUT2D eigenvalue weighted by Crippen LogP contribution is -2.45. The Labute approximate surface area is 262 Å². The lowest BCUT2D eigenvalue weighted by Gasteiger charge is -2.26. The summed E-state index contributed by atoms with van der Waals surface area (Å²) < 4.78 is 0. The van der Waals surface area contributed by atoms with E-state index in [9.17, 15) is 24.3 Å². The van der Waals surface area contributed by atoms with Crippen molar-refractivity contribution in [2.75, 3.05) is 0 Å². The fraction of sp³-hybridized carbons (Fsp3) is 0.314. The van der Waals surface area contributed by atoms with Crippen molar-refractivity contribution in [2.24, 2.45) is 11.7 Å². The smallest absolute Gasteiger partial charge is 0.270 e. The van der Waals surface area contributed by atoms with Gasteiger partial charge in [0.1, 0.15) is 5.69 Å². The standard InChI is InChI=1S/C35H39N5O5/c1-35(2,3)40-33(44)26-12-6-4-11-24(26)18-30(41)25(17-22-9-8-16-37-21-22)19-31(42)29(20-32(36)43)39-34(45)28-15-14-23-10-5-7-13-27(23)38-28/h4-16,21,25,29-30,41H,17-20H2,1-3H3,(H2,36,43)(H,39,45)(H,40,44). The molecule has 10 heteroatoms. The molecule has 0 aliphatic rings. The highest BCUT2D eigenvalue weighted by Gasteiger charge is 2.30. The zero-order valence-electron chi connectivity index (χ0n) is 25.7. The van der Waals surface area contributed by atoms with Gasteiger partial charge in [-0.3, -0.25) is 24.2 Å². The number of Topliss-reactive ketones (excluding diaryl/α,β-unsaturated/α-hetero) is 1. The first-order valence-electron chi connectivity index (χ1n) is 14.8. The van der Waals surface area contributed by atoms with Gasteiger partial charge in [0.05, 0.1) is 24.1 Å². The van der Waals surface area contributed by atoms with Crippen LogP contribution in [-0.2, 0) is 22.4 Å². The molecule has 0 saturated carbocycles. The molecule has 0 radical (unpaired) electrons. The molecule has 0 saturated heterocycles. The molecule has 0 aliphatic carbocycles. The number of pyridine rings is 2. The van der Waals surface area contributed by atoms with Crippen molar-refractivity contribution in [1.82, 2.24) is 20.6 Å². The van der Waals surface area contributed by atoms with Crippen LogP contribution in [0.1, 0.15) is 65.6 Å². The highest BCUT2D eigenvalue weighted by molar-refractivity contribution is 5.99. The van der Waals surface area contributed by atoms with Gasteiger partial charge in [-0.05, 0) is 74.9 Å². The molecule has 0 spiro atoms. The minimum Gasteiger partial charge on any atom is -0.392 e. The van der Waals surface area contributed by atoms with Gasteiger partial charge in [0.15, 0.2) is 5.78 Å². The lowest BCUT2D eigenvalue weighted by molar-refractivity contribution is -0.126. The van der Waals surface area contributed by atoms with Crippen molar-refractivity contribution in [2.45, 2.75) is 64.1 Å². The molecule has 10 nitrogen and oxygen atoms in total. The number of nitrogens with zero attached hydrogens (tertiary/aromatic N) is 2. The number of hydrogen-bond acceptors (Lipinski definition) is 7. The average Bonchev–Trinajstić information content (AvgIpc) is 2.99. The third-order valence-electron chi connectivity index (χ3n) is 7.34. The molecule has 2 heterocycles. The Morgan fingerprint density at radius 2 is 1.60 bits per heavy atom. The van der Waals surface area contributed by atoms with Gasteiger partial charge in [-0.2, -0.15) is 0 Å². The van der Waals surface area contributed by atoms with Crippen LogP contribution >= 0.6 is 0 Å². The maximum Gasteiger partial charge on any atom is 0.270 e. The normalized spacial score (nSPS) is 13.4. The molecule has 2 aromatic heterocycles. The zero-order chi connectivity index (χ0) is 32.6. The molecule has 4 rings (SSSR count). The average molecular weight is 610 g/mol. The number of rotatable bonds is 13. The van der Waals surface area contributed by atoms with Crippen molar-refractivity contribution in [3.63, 3.8) is 0 Å². The fourth-order valence-electron chi connectivity index (χ4n) is 5.16. The van der Waals surface area contributed by atoms with E-state index in [1.54, 1.807) is 67.0 Å². The van der Waals surface area contributed by atoms with Gasteiger partial charge in [0, 0.05) is 35.3 Å². The Balaban J connectivity index is 1.56. The Hall–Kier alpha value is -4.96. The van der Waals surface area contributed by atoms with Gasteiger partial charge >= 0.3 is 0 Å². The summed E-state index contributed by atoms with van der Waals surface area (Å²) >= 11 is 0. The van der Waals surface area contributed by atoms with E-state index in [2.05, 4.69) is 20.6 Å². The number of carbonyl (C=O) groups is 4. The first-order chi connectivity index (χ1) is 21.4. The van der Waals surface area contributed by atoms with Crippen LogP contribution in [0.25, 0.3) is 10.9 Å². The summed E-state index contributed by atoms with van der Waals surface area (Å²) in [6.07, 6.45) is 2.04. The molecular weight excluding hydrogens is 570 g/mol. The van der Waals surface area contributed by atoms with Crippen LogP contribution < -0.4 is 16.4 Å². The molecule has 3 unspecified atom stereocenters. The van der Waals surface area contributed by atoms with Crippen LogP contribution in [0.15, 0.2) is 85.2 Å². The van der Waals surface area contributed by atoms with E-state index in [4.69, 9.17) is 5.73 Å². The van der Waals surface area contributed by atoms with E-state index in [1.165, 1.54) is 0 Å². The van der Waals surface area contributed by atoms with Crippen LogP contribution in [0.3, 0.4) is 0 Å². The predicted molar refractivity (Wildman–Crippen MR) is 171 cm³/mol. The number of aromatic nitrogens is 2. The van der Waals surface area contributed by atoms with Crippen LogP contribution in [0.5, 0.6) is 0 Å². The molecule has 0 bridgehead atoms. The largest absolute Gasteiger partial charge is 0.392 e. The maximum atomic E-state index is 13.7. The van der Waals surface area contributed by atoms with Gasteiger partial charge in [0.25, 0.3) is 11.8 Å². The second-order valence-corrected chi connectivity index (χ2v) is 12.2. The number of fused-ring (bicyclic) bond motifs is 1. The number of amides is 3. The quantitative estimate of drug-likeness (QED) is 0.180. The van der Waals surface area contributed by atoms with Crippen LogP contribution in [0.4, 0.5) is 0 Å². The molecule has 234 valence electrons. The third kappa shape index (κ3) is 9.51. The number of hydrogen-bond donors (Lipinski definition) is 4. The number of nitrogens with one attached hydrogen (secondary N) is 2. The summed E-state index contributed by atoms with van der Waals surface area (Å²) in [7, 11) is 0. The van der Waals surface area contributed by atoms with Crippen LogP contribution in [0, 0.1) is 5.92 Å². The van der Waals surface area contributed by atoms with E-state index in [0.717, 1.165) is 10.9 Å². The first kappa shape index (κ1) is 32.9. The van der Waals surface area contributed by atoms with E-state index >= 15 is 0 Å². The minimum absolute atomic E-state index is 0.0908. The van der Waals surface area contributed by atoms with Gasteiger partial charge in [-0.25, -0.2) is 4.98 Å². The lowest BCUT2D eigenvalue weighted by atomic mass is 9.84. The van der Waals surface area contributed by atoms with Crippen molar-refractivity contribution >= 4 is 34.4 Å². The molecule has 5 N–H and O–H groups in total. The molecule has 3 atom stereocenters. The topological polar surface area (TPSA) is 164 Å². The number of ketones is 1. The molecule has 45 heavy (non-hydrogen) atoms. The van der Waals surface area contributed by atoms with Crippen molar-refractivity contribution in [3.8, 4) is 0 Å². The number of para-hydroxylation sites is 1. The number of carbonyl (C=O) groups excluding carboxylic acids is 4. The van der Waals surface area contributed by atoms with Crippen molar-refractivity contribution in [1.29, 1.82) is 0 Å². The molecule has 0 fully saturated rings. The SMILES string of the molecule is CC(C)(C)NC(=O)c1ccccc1CC(O)C(CC(=O)C(CC(N)=O)NC(=O)c1ccc2ccccc2n1)Cc1cccnc1. The summed E-state index contributed by atoms with van der Waals surface area (Å²) in [6, 6.07) is 20.0. The monoisotopic (exact) mass is 609 g/mol. The summed E-state index contributed by atoms with van der Waals surface area (Å²) in [5.41, 5.74) is 7.56. The molecule has 3 amide bonds. The highest BCUT2D eigenvalue weighted by atomic mass is 16.3. The zero-order valence-corrected chi connectivity index (χ0v) is 25.7. The number of primary amides is 1. The first-order valence-corrected chi connectivity index (χ1v) is 14.8. The minimum atomic E-state index is -1.23. The second-order valence-electron chi connectivity index (χ2n) is 12.2. The molecule has 2 aromatic carbocycles. The highest BCUT2D eigenvalue weighted by Crippen LogP contribution is 2.23. The number of aliphatic hydroxyl groups is 1. The Bertz CT molecular complexity index is 1670. The number of aliphatic hydroxyl groups excluding tert-OH is 1. The number of nitrogens with two attached hydrogens (primary N) is 1. The molecule has 4 aromatic rings. The molecular formula is C35H39N5O5. The maximum absolute atomic E-state index is 13.7.